The maximum Gasteiger partial charge on any atom is 0.133 e. The van der Waals surface area contributed by atoms with Crippen LogP contribution < -0.4 is 0 Å². The Kier molecular flexibility index (Phi) is 2.84. The third-order valence-corrected chi connectivity index (χ3v) is 2.68. The molecule has 0 saturated heterocycles. The molecule has 3 aromatic rings. The number of hydrogen-bond acceptors (Lipinski definition) is 3. The Morgan fingerprint density at radius 1 is 1.00 bits per heavy atom. The van der Waals surface area contributed by atoms with Crippen LogP contribution in [0.2, 0.25) is 0 Å². The van der Waals surface area contributed by atoms with Crippen molar-refractivity contribution < 1.29 is 0 Å². The molecule has 0 bridgehead atoms. The molecule has 0 spiro atoms. The van der Waals surface area contributed by atoms with Gasteiger partial charge in [-0.15, -0.1) is 5.10 Å². The van der Waals surface area contributed by atoms with Gasteiger partial charge in [0.15, 0.2) is 0 Å². The monoisotopic (exact) mass is 236 g/mol. The Labute approximate surface area is 105 Å². The fourth-order valence-electron chi connectivity index (χ4n) is 1.78. The minimum absolute atomic E-state index is 0.482. The van der Waals surface area contributed by atoms with E-state index in [1.165, 1.54) is 0 Å². The van der Waals surface area contributed by atoms with Crippen LogP contribution in [0.4, 0.5) is 0 Å². The SMILES string of the molecule is C(=N\Cn1nnc2ccccc21)/c1ccccc1. The summed E-state index contributed by atoms with van der Waals surface area (Å²) in [6.45, 7) is 0.482. The molecule has 1 aromatic heterocycles. The van der Waals surface area contributed by atoms with Crippen LogP contribution in [0.5, 0.6) is 0 Å². The number of nitrogens with zero attached hydrogens (tertiary/aromatic N) is 4. The minimum Gasteiger partial charge on any atom is -0.269 e. The predicted molar refractivity (Wildman–Crippen MR) is 71.6 cm³/mol. The van der Waals surface area contributed by atoms with Gasteiger partial charge in [-0.2, -0.15) is 0 Å². The summed E-state index contributed by atoms with van der Waals surface area (Å²) in [5.74, 6) is 0. The third-order valence-electron chi connectivity index (χ3n) is 2.68. The molecule has 4 nitrogen and oxygen atoms in total. The van der Waals surface area contributed by atoms with Crippen molar-refractivity contribution in [1.29, 1.82) is 0 Å². The van der Waals surface area contributed by atoms with Gasteiger partial charge < -0.3 is 0 Å². The van der Waals surface area contributed by atoms with Gasteiger partial charge in [0.05, 0.1) is 5.52 Å². The summed E-state index contributed by atoms with van der Waals surface area (Å²) in [4.78, 5) is 4.37. The highest BCUT2D eigenvalue weighted by atomic mass is 15.4. The zero-order valence-corrected chi connectivity index (χ0v) is 9.77. The Bertz CT molecular complexity index is 670. The molecule has 88 valence electrons. The molecule has 0 radical (unpaired) electrons. The zero-order chi connectivity index (χ0) is 12.2. The molecule has 0 unspecified atom stereocenters. The summed E-state index contributed by atoms with van der Waals surface area (Å²) in [5, 5.41) is 8.16. The third kappa shape index (κ3) is 2.13. The van der Waals surface area contributed by atoms with Crippen LogP contribution in [0, 0.1) is 0 Å². The lowest BCUT2D eigenvalue weighted by atomic mass is 10.2. The molecule has 4 heteroatoms. The number of rotatable bonds is 3. The highest BCUT2D eigenvalue weighted by Gasteiger charge is 2.00. The topological polar surface area (TPSA) is 43.1 Å². The fourth-order valence-corrected chi connectivity index (χ4v) is 1.78. The number of fused-ring (bicyclic) bond motifs is 1. The molecule has 0 fully saturated rings. The number of benzene rings is 2. The number of para-hydroxylation sites is 1. The van der Waals surface area contributed by atoms with E-state index in [0.29, 0.717) is 6.67 Å². The number of hydrogen-bond donors (Lipinski definition) is 0. The van der Waals surface area contributed by atoms with Crippen LogP contribution in [-0.4, -0.2) is 21.2 Å². The van der Waals surface area contributed by atoms with Gasteiger partial charge in [0.2, 0.25) is 0 Å². The van der Waals surface area contributed by atoms with Crippen LogP contribution in [0.15, 0.2) is 59.6 Å². The summed E-state index contributed by atoms with van der Waals surface area (Å²) in [6, 6.07) is 17.9. The lowest BCUT2D eigenvalue weighted by Gasteiger charge is -1.96. The first-order valence-electron chi connectivity index (χ1n) is 5.76. The average molecular weight is 236 g/mol. The van der Waals surface area contributed by atoms with Crippen molar-refractivity contribution in [1.82, 2.24) is 15.0 Å². The first-order chi connectivity index (χ1) is 8.93. The molecule has 0 aliphatic carbocycles. The summed E-state index contributed by atoms with van der Waals surface area (Å²) >= 11 is 0. The molecular weight excluding hydrogens is 224 g/mol. The molecule has 1 heterocycles. The molecule has 2 aromatic carbocycles. The first kappa shape index (κ1) is 10.7. The van der Waals surface area contributed by atoms with Gasteiger partial charge in [-0.05, 0) is 17.7 Å². The highest BCUT2D eigenvalue weighted by molar-refractivity contribution is 5.79. The van der Waals surface area contributed by atoms with Crippen molar-refractivity contribution in [3.8, 4) is 0 Å². The van der Waals surface area contributed by atoms with Crippen molar-refractivity contribution >= 4 is 17.2 Å². The number of aromatic nitrogens is 3. The van der Waals surface area contributed by atoms with Crippen LogP contribution in [0.25, 0.3) is 11.0 Å². The molecule has 3 rings (SSSR count). The fraction of sp³-hybridized carbons (Fsp3) is 0.0714. The van der Waals surface area contributed by atoms with Crippen molar-refractivity contribution in [2.24, 2.45) is 4.99 Å². The molecule has 0 atom stereocenters. The van der Waals surface area contributed by atoms with Crippen LogP contribution >= 0.6 is 0 Å². The first-order valence-corrected chi connectivity index (χ1v) is 5.76. The summed E-state index contributed by atoms with van der Waals surface area (Å²) in [6.07, 6.45) is 1.84. The second-order valence-corrected chi connectivity index (χ2v) is 3.94. The van der Waals surface area contributed by atoms with E-state index in [0.717, 1.165) is 16.6 Å². The molecule has 0 amide bonds. The maximum absolute atomic E-state index is 4.37. The standard InChI is InChI=1S/C14H12N4/c1-2-6-12(7-3-1)10-15-11-18-14-9-5-4-8-13(14)16-17-18/h1-10H,11H2/b15-10+. The quantitative estimate of drug-likeness (QED) is 0.656. The molecule has 0 N–H and O–H groups in total. The van der Waals surface area contributed by atoms with Crippen molar-refractivity contribution in [2.45, 2.75) is 6.67 Å². The van der Waals surface area contributed by atoms with E-state index < -0.39 is 0 Å². The highest BCUT2D eigenvalue weighted by Crippen LogP contribution is 2.09. The molecule has 0 aliphatic heterocycles. The predicted octanol–water partition coefficient (Wildman–Crippen LogP) is 2.51. The lowest BCUT2D eigenvalue weighted by molar-refractivity contribution is 0.631. The van der Waals surface area contributed by atoms with E-state index in [1.54, 1.807) is 4.68 Å². The van der Waals surface area contributed by atoms with E-state index in [1.807, 2.05) is 60.8 Å². The van der Waals surface area contributed by atoms with Gasteiger partial charge in [-0.25, -0.2) is 4.68 Å². The van der Waals surface area contributed by atoms with Crippen LogP contribution in [0.1, 0.15) is 5.56 Å². The van der Waals surface area contributed by atoms with Gasteiger partial charge in [0.25, 0.3) is 0 Å². The van der Waals surface area contributed by atoms with Crippen molar-refractivity contribution in [3.05, 3.63) is 60.2 Å². The molecule has 0 aliphatic rings. The Balaban J connectivity index is 1.79. The van der Waals surface area contributed by atoms with Gasteiger partial charge in [0, 0.05) is 6.21 Å². The summed E-state index contributed by atoms with van der Waals surface area (Å²) in [5.41, 5.74) is 2.98. The van der Waals surface area contributed by atoms with Gasteiger partial charge >= 0.3 is 0 Å². The summed E-state index contributed by atoms with van der Waals surface area (Å²) in [7, 11) is 0. The van der Waals surface area contributed by atoms with Crippen molar-refractivity contribution in [2.75, 3.05) is 0 Å². The lowest BCUT2D eigenvalue weighted by Crippen LogP contribution is -1.98. The van der Waals surface area contributed by atoms with Crippen molar-refractivity contribution in [3.63, 3.8) is 0 Å². The van der Waals surface area contributed by atoms with E-state index >= 15 is 0 Å². The smallest absolute Gasteiger partial charge is 0.133 e. The molecule has 18 heavy (non-hydrogen) atoms. The van der Waals surface area contributed by atoms with Gasteiger partial charge in [-0.1, -0.05) is 47.7 Å². The van der Waals surface area contributed by atoms with E-state index in [2.05, 4.69) is 15.3 Å². The number of aliphatic imine (C=N–C) groups is 1. The molecule has 0 saturated carbocycles. The van der Waals surface area contributed by atoms with E-state index in [4.69, 9.17) is 0 Å². The van der Waals surface area contributed by atoms with Gasteiger partial charge in [-0.3, -0.25) is 4.99 Å². The zero-order valence-electron chi connectivity index (χ0n) is 9.77. The molecular formula is C14H12N4. The average Bonchev–Trinajstić information content (AvgIpc) is 2.84. The maximum atomic E-state index is 4.37. The second kappa shape index (κ2) is 4.79. The summed E-state index contributed by atoms with van der Waals surface area (Å²) < 4.78 is 1.79. The van der Waals surface area contributed by atoms with E-state index in [-0.39, 0.29) is 0 Å². The Morgan fingerprint density at radius 2 is 1.78 bits per heavy atom. The van der Waals surface area contributed by atoms with Gasteiger partial charge in [0.1, 0.15) is 12.2 Å². The van der Waals surface area contributed by atoms with E-state index in [9.17, 15) is 0 Å². The largest absolute Gasteiger partial charge is 0.269 e. The van der Waals surface area contributed by atoms with Crippen LogP contribution in [-0.2, 0) is 6.67 Å². The Hall–Kier alpha value is -2.49. The minimum atomic E-state index is 0.482. The Morgan fingerprint density at radius 3 is 2.67 bits per heavy atom. The normalized spacial score (nSPS) is 11.3. The second-order valence-electron chi connectivity index (χ2n) is 3.94. The van der Waals surface area contributed by atoms with Crippen LogP contribution in [0.3, 0.4) is 0 Å².